The monoisotopic (exact) mass is 328 g/mol. The molecule has 128 valence electrons. The molecule has 1 atom stereocenters. The summed E-state index contributed by atoms with van der Waals surface area (Å²) < 4.78 is 0. The summed E-state index contributed by atoms with van der Waals surface area (Å²) in [5.41, 5.74) is 4.90. The molecular formula is C14H20N2O7. The summed E-state index contributed by atoms with van der Waals surface area (Å²) in [6.45, 7) is -2.15. The number of aromatic hydroxyl groups is 1. The molecule has 7 N–H and O–H groups in total. The van der Waals surface area contributed by atoms with E-state index in [9.17, 15) is 30.0 Å². The van der Waals surface area contributed by atoms with Crippen LogP contribution in [0.2, 0.25) is 0 Å². The van der Waals surface area contributed by atoms with Crippen molar-refractivity contribution in [1.29, 1.82) is 0 Å². The molecule has 0 aliphatic heterocycles. The first-order valence-corrected chi connectivity index (χ1v) is 6.79. The lowest BCUT2D eigenvalue weighted by atomic mass is 10.1. The second-order valence-corrected chi connectivity index (χ2v) is 4.95. The van der Waals surface area contributed by atoms with E-state index in [1.807, 2.05) is 0 Å². The second-order valence-electron chi connectivity index (χ2n) is 4.95. The highest BCUT2D eigenvalue weighted by molar-refractivity contribution is 5.99. The first-order valence-electron chi connectivity index (χ1n) is 6.79. The van der Waals surface area contributed by atoms with Crippen molar-refractivity contribution < 1.29 is 35.1 Å². The molecule has 0 fully saturated rings. The number of aliphatic hydroxyl groups excluding tert-OH is 4. The van der Waals surface area contributed by atoms with Gasteiger partial charge in [0.15, 0.2) is 0 Å². The van der Waals surface area contributed by atoms with Crippen LogP contribution in [0.4, 0.5) is 0 Å². The van der Waals surface area contributed by atoms with Gasteiger partial charge in [0.05, 0.1) is 32.0 Å². The molecule has 9 nitrogen and oxygen atoms in total. The lowest BCUT2D eigenvalue weighted by Crippen LogP contribution is -2.48. The van der Waals surface area contributed by atoms with E-state index < -0.39 is 43.8 Å². The van der Waals surface area contributed by atoms with Crippen molar-refractivity contribution in [1.82, 2.24) is 4.90 Å². The van der Waals surface area contributed by atoms with Crippen LogP contribution >= 0.6 is 0 Å². The van der Waals surface area contributed by atoms with E-state index in [0.29, 0.717) is 0 Å². The Morgan fingerprint density at radius 1 is 1.04 bits per heavy atom. The lowest BCUT2D eigenvalue weighted by molar-refractivity contribution is 0.0147. The van der Waals surface area contributed by atoms with Gasteiger partial charge < -0.3 is 36.2 Å². The standard InChI is InChI=1S/C14H20N2O7/c15-13(22)8-1-9(3-11(20)2-8)14(23)16(4-12(21)7-19)10(5-17)6-18/h1-3,10,12,17-21H,4-7H2,(H2,15,22). The summed E-state index contributed by atoms with van der Waals surface area (Å²) in [4.78, 5) is 24.7. The highest BCUT2D eigenvalue weighted by atomic mass is 16.3. The average molecular weight is 328 g/mol. The van der Waals surface area contributed by atoms with Crippen molar-refractivity contribution in [3.8, 4) is 5.75 Å². The number of carbonyl (C=O) groups excluding carboxylic acids is 2. The molecule has 0 aliphatic rings. The Kier molecular flexibility index (Phi) is 6.91. The van der Waals surface area contributed by atoms with Crippen molar-refractivity contribution in [2.75, 3.05) is 26.4 Å². The Hall–Kier alpha value is -2.20. The number of nitrogens with zero attached hydrogens (tertiary/aromatic N) is 1. The molecule has 9 heteroatoms. The fourth-order valence-corrected chi connectivity index (χ4v) is 1.98. The number of benzene rings is 1. The number of phenolic OH excluding ortho intramolecular Hbond substituents is 1. The number of phenols is 1. The molecule has 23 heavy (non-hydrogen) atoms. The van der Waals surface area contributed by atoms with Crippen molar-refractivity contribution in [3.05, 3.63) is 29.3 Å². The van der Waals surface area contributed by atoms with Crippen molar-refractivity contribution in [2.45, 2.75) is 12.1 Å². The maximum Gasteiger partial charge on any atom is 0.254 e. The van der Waals surface area contributed by atoms with Gasteiger partial charge >= 0.3 is 0 Å². The quantitative estimate of drug-likeness (QED) is 0.310. The molecule has 1 rings (SSSR count). The number of nitrogens with two attached hydrogens (primary N) is 1. The molecule has 0 bridgehead atoms. The highest BCUT2D eigenvalue weighted by Crippen LogP contribution is 2.18. The van der Waals surface area contributed by atoms with Crippen LogP contribution in [0.1, 0.15) is 20.7 Å². The van der Waals surface area contributed by atoms with Gasteiger partial charge in [-0.3, -0.25) is 9.59 Å². The third-order valence-electron chi connectivity index (χ3n) is 3.19. The van der Waals surface area contributed by atoms with Crippen LogP contribution in [0.3, 0.4) is 0 Å². The number of rotatable bonds is 8. The zero-order valence-electron chi connectivity index (χ0n) is 12.3. The van der Waals surface area contributed by atoms with Gasteiger partial charge in [-0.1, -0.05) is 0 Å². The molecular weight excluding hydrogens is 308 g/mol. The van der Waals surface area contributed by atoms with Crippen LogP contribution < -0.4 is 5.73 Å². The Balaban J connectivity index is 3.20. The maximum absolute atomic E-state index is 12.5. The van der Waals surface area contributed by atoms with Gasteiger partial charge in [0.1, 0.15) is 5.75 Å². The van der Waals surface area contributed by atoms with Crippen molar-refractivity contribution in [2.24, 2.45) is 5.73 Å². The largest absolute Gasteiger partial charge is 0.508 e. The van der Waals surface area contributed by atoms with Gasteiger partial charge in [-0.2, -0.15) is 0 Å². The highest BCUT2D eigenvalue weighted by Gasteiger charge is 2.26. The van der Waals surface area contributed by atoms with Crippen LogP contribution in [-0.2, 0) is 0 Å². The van der Waals surface area contributed by atoms with E-state index in [4.69, 9.17) is 10.8 Å². The van der Waals surface area contributed by atoms with Gasteiger partial charge in [-0.25, -0.2) is 0 Å². The lowest BCUT2D eigenvalue weighted by Gasteiger charge is -2.31. The van der Waals surface area contributed by atoms with Gasteiger partial charge in [-0.05, 0) is 18.2 Å². The predicted octanol–water partition coefficient (Wildman–Crippen LogP) is -2.36. The van der Waals surface area contributed by atoms with E-state index in [0.717, 1.165) is 23.1 Å². The minimum Gasteiger partial charge on any atom is -0.508 e. The number of carbonyl (C=O) groups is 2. The first kappa shape index (κ1) is 18.8. The van der Waals surface area contributed by atoms with E-state index in [-0.39, 0.29) is 23.4 Å². The average Bonchev–Trinajstić information content (AvgIpc) is 2.53. The number of aliphatic hydroxyl groups is 4. The molecule has 0 saturated heterocycles. The first-order chi connectivity index (χ1) is 10.8. The Morgan fingerprint density at radius 2 is 1.61 bits per heavy atom. The van der Waals surface area contributed by atoms with E-state index in [2.05, 4.69) is 0 Å². The molecule has 0 spiro atoms. The molecule has 1 unspecified atom stereocenters. The van der Waals surface area contributed by atoms with Gasteiger partial charge in [-0.15, -0.1) is 0 Å². The minimum absolute atomic E-state index is 0.0967. The number of primary amides is 1. The Morgan fingerprint density at radius 3 is 2.09 bits per heavy atom. The van der Waals surface area contributed by atoms with Crippen LogP contribution in [0.5, 0.6) is 5.75 Å². The minimum atomic E-state index is -1.28. The summed E-state index contributed by atoms with van der Waals surface area (Å²) in [6.07, 6.45) is -1.28. The topological polar surface area (TPSA) is 165 Å². The third-order valence-corrected chi connectivity index (χ3v) is 3.19. The van der Waals surface area contributed by atoms with Gasteiger partial charge in [0.25, 0.3) is 5.91 Å². The molecule has 0 radical (unpaired) electrons. The van der Waals surface area contributed by atoms with E-state index >= 15 is 0 Å². The van der Waals surface area contributed by atoms with E-state index in [1.165, 1.54) is 0 Å². The zero-order valence-corrected chi connectivity index (χ0v) is 12.3. The van der Waals surface area contributed by atoms with Crippen LogP contribution in [0, 0.1) is 0 Å². The fraction of sp³-hybridized carbons (Fsp3) is 0.429. The Bertz CT molecular complexity index is 560. The van der Waals surface area contributed by atoms with E-state index in [1.54, 1.807) is 0 Å². The molecule has 0 heterocycles. The summed E-state index contributed by atoms with van der Waals surface area (Å²) in [7, 11) is 0. The van der Waals surface area contributed by atoms with Crippen molar-refractivity contribution >= 4 is 11.8 Å². The molecule has 1 aromatic carbocycles. The predicted molar refractivity (Wildman–Crippen MR) is 78.7 cm³/mol. The SMILES string of the molecule is NC(=O)c1cc(O)cc(C(=O)N(CC(O)CO)C(CO)CO)c1. The number of hydrogen-bond acceptors (Lipinski definition) is 7. The normalized spacial score (nSPS) is 12.2. The molecule has 0 aliphatic carbocycles. The number of hydrogen-bond donors (Lipinski definition) is 6. The summed E-state index contributed by atoms with van der Waals surface area (Å²) >= 11 is 0. The molecule has 1 aromatic rings. The van der Waals surface area contributed by atoms with Gasteiger partial charge in [0, 0.05) is 17.7 Å². The van der Waals surface area contributed by atoms with Crippen molar-refractivity contribution in [3.63, 3.8) is 0 Å². The molecule has 0 aromatic heterocycles. The van der Waals surface area contributed by atoms with Crippen LogP contribution in [0.15, 0.2) is 18.2 Å². The van der Waals surface area contributed by atoms with Crippen LogP contribution in [0.25, 0.3) is 0 Å². The maximum atomic E-state index is 12.5. The summed E-state index contributed by atoms with van der Waals surface area (Å²) in [6, 6.07) is 2.29. The second kappa shape index (κ2) is 8.44. The third kappa shape index (κ3) is 4.89. The fourth-order valence-electron chi connectivity index (χ4n) is 1.98. The Labute approximate surface area is 132 Å². The molecule has 2 amide bonds. The smallest absolute Gasteiger partial charge is 0.254 e. The molecule has 0 saturated carbocycles. The number of amides is 2. The van der Waals surface area contributed by atoms with Gasteiger partial charge in [0.2, 0.25) is 5.91 Å². The summed E-state index contributed by atoms with van der Waals surface area (Å²) in [5.74, 6) is -1.97. The zero-order chi connectivity index (χ0) is 17.6. The summed E-state index contributed by atoms with van der Waals surface area (Å²) in [5, 5.41) is 46.5. The van der Waals surface area contributed by atoms with Crippen LogP contribution in [-0.4, -0.2) is 80.8 Å².